The molecule has 2 rings (SSSR count). The third kappa shape index (κ3) is 2.58. The van der Waals surface area contributed by atoms with Gasteiger partial charge in [0.1, 0.15) is 0 Å². The molecule has 0 saturated carbocycles. The van der Waals surface area contributed by atoms with Crippen LogP contribution in [0.15, 0.2) is 12.1 Å². The lowest BCUT2D eigenvalue weighted by atomic mass is 9.70. The largest absolute Gasteiger partial charge is 0.310 e. The molecular formula is C15H25NS. The van der Waals surface area contributed by atoms with Crippen molar-refractivity contribution in [1.29, 1.82) is 0 Å². The van der Waals surface area contributed by atoms with E-state index in [9.17, 15) is 0 Å². The van der Waals surface area contributed by atoms with E-state index < -0.39 is 0 Å². The fourth-order valence-electron chi connectivity index (χ4n) is 2.87. The summed E-state index contributed by atoms with van der Waals surface area (Å²) in [5, 5.41) is 3.79. The SMILES string of the molecule is CCc1ccc(CC2(C(C)(C)C)CCCN2)s1. The van der Waals surface area contributed by atoms with E-state index >= 15 is 0 Å². The molecule has 1 aromatic rings. The molecule has 0 bridgehead atoms. The molecule has 0 radical (unpaired) electrons. The number of hydrogen-bond acceptors (Lipinski definition) is 2. The predicted molar refractivity (Wildman–Crippen MR) is 76.8 cm³/mol. The van der Waals surface area contributed by atoms with Gasteiger partial charge in [-0.3, -0.25) is 0 Å². The van der Waals surface area contributed by atoms with Crippen LogP contribution in [0.1, 0.15) is 50.3 Å². The molecular weight excluding hydrogens is 226 g/mol. The summed E-state index contributed by atoms with van der Waals surface area (Å²) in [6.07, 6.45) is 5.00. The van der Waals surface area contributed by atoms with Crippen molar-refractivity contribution in [3.8, 4) is 0 Å². The van der Waals surface area contributed by atoms with Crippen molar-refractivity contribution >= 4 is 11.3 Å². The van der Waals surface area contributed by atoms with Gasteiger partial charge in [-0.15, -0.1) is 11.3 Å². The summed E-state index contributed by atoms with van der Waals surface area (Å²) >= 11 is 1.99. The zero-order valence-electron chi connectivity index (χ0n) is 11.6. The minimum atomic E-state index is 0.308. The summed E-state index contributed by atoms with van der Waals surface area (Å²) in [5.41, 5.74) is 0.642. The minimum Gasteiger partial charge on any atom is -0.310 e. The van der Waals surface area contributed by atoms with Gasteiger partial charge in [0.15, 0.2) is 0 Å². The first-order valence-electron chi connectivity index (χ1n) is 6.79. The molecule has 2 heteroatoms. The Morgan fingerprint density at radius 2 is 2.00 bits per heavy atom. The minimum absolute atomic E-state index is 0.308. The first kappa shape index (κ1) is 13.1. The summed E-state index contributed by atoms with van der Waals surface area (Å²) in [4.78, 5) is 3.06. The van der Waals surface area contributed by atoms with Gasteiger partial charge in [0.2, 0.25) is 0 Å². The highest BCUT2D eigenvalue weighted by Gasteiger charge is 2.43. The second kappa shape index (κ2) is 4.74. The second-order valence-electron chi connectivity index (χ2n) is 6.26. The Labute approximate surface area is 110 Å². The molecule has 1 atom stereocenters. The van der Waals surface area contributed by atoms with Gasteiger partial charge in [-0.2, -0.15) is 0 Å². The van der Waals surface area contributed by atoms with Gasteiger partial charge in [-0.25, -0.2) is 0 Å². The standard InChI is InChI=1S/C15H25NS/c1-5-12-7-8-13(17-12)11-15(14(2,3)4)9-6-10-16-15/h7-8,16H,5-6,9-11H2,1-4H3. The van der Waals surface area contributed by atoms with Crippen LogP contribution in [0, 0.1) is 5.41 Å². The van der Waals surface area contributed by atoms with Crippen molar-refractivity contribution in [3.05, 3.63) is 21.9 Å². The van der Waals surface area contributed by atoms with Crippen LogP contribution >= 0.6 is 11.3 Å². The maximum Gasteiger partial charge on any atom is 0.0278 e. The van der Waals surface area contributed by atoms with E-state index in [0.717, 1.165) is 0 Å². The van der Waals surface area contributed by atoms with Crippen molar-refractivity contribution < 1.29 is 0 Å². The third-order valence-electron chi connectivity index (χ3n) is 4.22. The molecule has 1 aliphatic heterocycles. The average molecular weight is 251 g/mol. The number of aryl methyl sites for hydroxylation is 1. The predicted octanol–water partition coefficient (Wildman–Crippen LogP) is 4.02. The van der Waals surface area contributed by atoms with E-state index in [0.29, 0.717) is 11.0 Å². The van der Waals surface area contributed by atoms with Gasteiger partial charge in [0.05, 0.1) is 0 Å². The molecule has 0 spiro atoms. The molecule has 0 aliphatic carbocycles. The van der Waals surface area contributed by atoms with E-state index in [4.69, 9.17) is 0 Å². The molecule has 2 heterocycles. The van der Waals surface area contributed by atoms with E-state index in [1.54, 1.807) is 4.88 Å². The second-order valence-corrected chi connectivity index (χ2v) is 7.51. The molecule has 0 amide bonds. The van der Waals surface area contributed by atoms with Crippen LogP contribution in [0.4, 0.5) is 0 Å². The maximum atomic E-state index is 3.79. The van der Waals surface area contributed by atoms with Crippen LogP contribution in [-0.4, -0.2) is 12.1 Å². The van der Waals surface area contributed by atoms with Gasteiger partial charge in [0, 0.05) is 21.7 Å². The lowest BCUT2D eigenvalue weighted by Gasteiger charge is -2.42. The average Bonchev–Trinajstić information content (AvgIpc) is 2.86. The van der Waals surface area contributed by atoms with E-state index in [1.807, 2.05) is 11.3 Å². The van der Waals surface area contributed by atoms with Crippen molar-refractivity contribution in [2.45, 2.75) is 58.9 Å². The Morgan fingerprint density at radius 1 is 1.29 bits per heavy atom. The van der Waals surface area contributed by atoms with E-state index in [1.165, 1.54) is 37.1 Å². The summed E-state index contributed by atoms with van der Waals surface area (Å²) in [6.45, 7) is 10.5. The molecule has 1 fully saturated rings. The highest BCUT2D eigenvalue weighted by molar-refractivity contribution is 7.12. The summed E-state index contributed by atoms with van der Waals surface area (Å²) in [5.74, 6) is 0. The quantitative estimate of drug-likeness (QED) is 0.855. The topological polar surface area (TPSA) is 12.0 Å². The normalized spacial score (nSPS) is 25.4. The first-order chi connectivity index (χ1) is 7.97. The molecule has 96 valence electrons. The molecule has 17 heavy (non-hydrogen) atoms. The molecule has 1 aromatic heterocycles. The van der Waals surface area contributed by atoms with Gasteiger partial charge in [-0.1, -0.05) is 27.7 Å². The molecule has 1 N–H and O–H groups in total. The van der Waals surface area contributed by atoms with Gasteiger partial charge in [-0.05, 0) is 43.4 Å². The Bertz CT molecular complexity index is 367. The van der Waals surface area contributed by atoms with Crippen LogP contribution in [0.5, 0.6) is 0 Å². The third-order valence-corrected chi connectivity index (χ3v) is 5.45. The van der Waals surface area contributed by atoms with Crippen molar-refractivity contribution in [2.24, 2.45) is 5.41 Å². The van der Waals surface area contributed by atoms with E-state index in [2.05, 4.69) is 45.1 Å². The Balaban J connectivity index is 2.18. The van der Waals surface area contributed by atoms with Crippen molar-refractivity contribution in [3.63, 3.8) is 0 Å². The number of rotatable bonds is 3. The van der Waals surface area contributed by atoms with Gasteiger partial charge < -0.3 is 5.32 Å². The fraction of sp³-hybridized carbons (Fsp3) is 0.733. The first-order valence-corrected chi connectivity index (χ1v) is 7.61. The van der Waals surface area contributed by atoms with Crippen LogP contribution < -0.4 is 5.32 Å². The van der Waals surface area contributed by atoms with E-state index in [-0.39, 0.29) is 0 Å². The monoisotopic (exact) mass is 251 g/mol. The molecule has 1 unspecified atom stereocenters. The highest BCUT2D eigenvalue weighted by Crippen LogP contribution is 2.40. The summed E-state index contributed by atoms with van der Waals surface area (Å²) in [7, 11) is 0. The zero-order valence-corrected chi connectivity index (χ0v) is 12.4. The molecule has 0 aromatic carbocycles. The van der Waals surface area contributed by atoms with Crippen LogP contribution in [0.25, 0.3) is 0 Å². The van der Waals surface area contributed by atoms with Crippen LogP contribution in [0.2, 0.25) is 0 Å². The summed E-state index contributed by atoms with van der Waals surface area (Å²) in [6, 6.07) is 4.63. The molecule has 1 nitrogen and oxygen atoms in total. The van der Waals surface area contributed by atoms with Gasteiger partial charge >= 0.3 is 0 Å². The Kier molecular flexibility index (Phi) is 3.65. The lowest BCUT2D eigenvalue weighted by molar-refractivity contribution is 0.160. The smallest absolute Gasteiger partial charge is 0.0278 e. The maximum absolute atomic E-state index is 3.79. The van der Waals surface area contributed by atoms with Crippen molar-refractivity contribution in [2.75, 3.05) is 6.54 Å². The molecule has 1 saturated heterocycles. The number of hydrogen-bond donors (Lipinski definition) is 1. The zero-order chi connectivity index (χ0) is 12.5. The Hall–Kier alpha value is -0.340. The lowest BCUT2D eigenvalue weighted by Crippen LogP contribution is -2.52. The summed E-state index contributed by atoms with van der Waals surface area (Å²) < 4.78 is 0. The van der Waals surface area contributed by atoms with Gasteiger partial charge in [0.25, 0.3) is 0 Å². The van der Waals surface area contributed by atoms with Crippen LogP contribution in [0.3, 0.4) is 0 Å². The number of thiophene rings is 1. The van der Waals surface area contributed by atoms with Crippen LogP contribution in [-0.2, 0) is 12.8 Å². The molecule has 1 aliphatic rings. The fourth-order valence-corrected chi connectivity index (χ4v) is 3.94. The Morgan fingerprint density at radius 3 is 2.47 bits per heavy atom. The highest BCUT2D eigenvalue weighted by atomic mass is 32.1. The van der Waals surface area contributed by atoms with Crippen molar-refractivity contribution in [1.82, 2.24) is 5.32 Å². The number of nitrogens with one attached hydrogen (secondary N) is 1.